The monoisotopic (exact) mass is 482 g/mol. The highest BCUT2D eigenvalue weighted by Crippen LogP contribution is 2.49. The first-order chi connectivity index (χ1) is 15.9. The van der Waals surface area contributed by atoms with Gasteiger partial charge < -0.3 is 14.4 Å². The van der Waals surface area contributed by atoms with E-state index in [0.29, 0.717) is 38.8 Å². The maximum absolute atomic E-state index is 13.5. The summed E-state index contributed by atoms with van der Waals surface area (Å²) in [5.41, 5.74) is -0.155. The van der Waals surface area contributed by atoms with E-state index in [4.69, 9.17) is 9.47 Å². The van der Waals surface area contributed by atoms with Crippen molar-refractivity contribution in [2.75, 3.05) is 26.2 Å². The number of likely N-dealkylation sites (tertiary alicyclic amines) is 1. The third-order valence-corrected chi connectivity index (χ3v) is 6.94. The Morgan fingerprint density at radius 1 is 1.15 bits per heavy atom. The molecule has 6 nitrogen and oxygen atoms in total. The van der Waals surface area contributed by atoms with Crippen LogP contribution in [0.25, 0.3) is 0 Å². The van der Waals surface area contributed by atoms with Crippen molar-refractivity contribution in [2.24, 2.45) is 0 Å². The van der Waals surface area contributed by atoms with Gasteiger partial charge in [0.1, 0.15) is 5.60 Å². The van der Waals surface area contributed by atoms with Crippen LogP contribution in [-0.4, -0.2) is 77.4 Å². The molecule has 1 aromatic carbocycles. The molecular formula is C25H33F3N2O4. The van der Waals surface area contributed by atoms with E-state index in [1.165, 1.54) is 0 Å². The summed E-state index contributed by atoms with van der Waals surface area (Å²) >= 11 is 0. The average Bonchev–Trinajstić information content (AvgIpc) is 3.42. The predicted molar refractivity (Wildman–Crippen MR) is 119 cm³/mol. The molecule has 0 bridgehead atoms. The molecule has 34 heavy (non-hydrogen) atoms. The Morgan fingerprint density at radius 2 is 1.79 bits per heavy atom. The molecule has 1 amide bonds. The standard InChI is InChI=1S/C25H33F3N2O4/c1-23(2,3)34-21(31)15-29-11-9-24(10-12-29)14-18(16-33-24)30(22(32)25(26,27)28)20-13-19(20)17-7-5-4-6-8-17/h4-8,18-20H,9-16H2,1-3H3/t18?,19-,20+/m0/s1. The molecule has 3 fully saturated rings. The topological polar surface area (TPSA) is 59.1 Å². The van der Waals surface area contributed by atoms with Gasteiger partial charge in [-0.2, -0.15) is 13.2 Å². The van der Waals surface area contributed by atoms with Crippen LogP contribution in [0.2, 0.25) is 0 Å². The number of rotatable bonds is 5. The van der Waals surface area contributed by atoms with Gasteiger partial charge in [-0.05, 0) is 52.0 Å². The molecule has 0 N–H and O–H groups in total. The Labute approximate surface area is 198 Å². The minimum atomic E-state index is -4.92. The highest BCUT2D eigenvalue weighted by atomic mass is 19.4. The highest BCUT2D eigenvalue weighted by Gasteiger charge is 2.57. The number of esters is 1. The highest BCUT2D eigenvalue weighted by molar-refractivity contribution is 5.83. The first-order valence-electron chi connectivity index (χ1n) is 11.9. The first kappa shape index (κ1) is 25.0. The number of amides is 1. The van der Waals surface area contributed by atoms with Crippen molar-refractivity contribution in [3.8, 4) is 0 Å². The van der Waals surface area contributed by atoms with Crippen LogP contribution < -0.4 is 0 Å². The van der Waals surface area contributed by atoms with Gasteiger partial charge in [0.05, 0.1) is 24.8 Å². The van der Waals surface area contributed by atoms with Crippen molar-refractivity contribution in [3.63, 3.8) is 0 Å². The van der Waals surface area contributed by atoms with Gasteiger partial charge in [-0.15, -0.1) is 0 Å². The lowest BCUT2D eigenvalue weighted by Gasteiger charge is -2.39. The van der Waals surface area contributed by atoms with Crippen LogP contribution in [0.3, 0.4) is 0 Å². The molecule has 3 aliphatic rings. The van der Waals surface area contributed by atoms with Crippen molar-refractivity contribution in [3.05, 3.63) is 35.9 Å². The second kappa shape index (κ2) is 9.15. The van der Waals surface area contributed by atoms with Crippen LogP contribution in [0, 0.1) is 0 Å². The second-order valence-electron chi connectivity index (χ2n) is 10.7. The number of ether oxygens (including phenoxy) is 2. The number of carbonyl (C=O) groups excluding carboxylic acids is 2. The summed E-state index contributed by atoms with van der Waals surface area (Å²) in [6, 6.07) is 8.31. The van der Waals surface area contributed by atoms with Crippen molar-refractivity contribution in [1.82, 2.24) is 9.80 Å². The maximum atomic E-state index is 13.5. The fraction of sp³-hybridized carbons (Fsp3) is 0.680. The summed E-state index contributed by atoms with van der Waals surface area (Å²) in [5.74, 6) is -2.15. The van der Waals surface area contributed by atoms with E-state index in [1.807, 2.05) is 56.0 Å². The fourth-order valence-electron chi connectivity index (χ4n) is 5.30. The molecule has 4 rings (SSSR count). The fourth-order valence-corrected chi connectivity index (χ4v) is 5.30. The van der Waals surface area contributed by atoms with E-state index >= 15 is 0 Å². The molecule has 3 atom stereocenters. The van der Waals surface area contributed by atoms with Crippen molar-refractivity contribution in [2.45, 2.75) is 81.8 Å². The molecule has 1 unspecified atom stereocenters. The van der Waals surface area contributed by atoms with Gasteiger partial charge in [-0.1, -0.05) is 30.3 Å². The predicted octanol–water partition coefficient (Wildman–Crippen LogP) is 3.90. The van der Waals surface area contributed by atoms with Gasteiger partial charge in [0.2, 0.25) is 0 Å². The van der Waals surface area contributed by atoms with Crippen LogP contribution >= 0.6 is 0 Å². The molecule has 2 saturated heterocycles. The van der Waals surface area contributed by atoms with Crippen molar-refractivity contribution in [1.29, 1.82) is 0 Å². The Bertz CT molecular complexity index is 892. The molecule has 2 aliphatic heterocycles. The molecule has 1 aliphatic carbocycles. The number of benzene rings is 1. The Kier molecular flexibility index (Phi) is 6.72. The van der Waals surface area contributed by atoms with E-state index < -0.39 is 35.4 Å². The minimum absolute atomic E-state index is 0.0836. The summed E-state index contributed by atoms with van der Waals surface area (Å²) in [7, 11) is 0. The number of alkyl halides is 3. The summed E-state index contributed by atoms with van der Waals surface area (Å²) in [5, 5.41) is 0. The summed E-state index contributed by atoms with van der Waals surface area (Å²) < 4.78 is 52.0. The van der Waals surface area contributed by atoms with E-state index in [-0.39, 0.29) is 25.0 Å². The summed E-state index contributed by atoms with van der Waals surface area (Å²) in [6.07, 6.45) is -2.80. The Balaban J connectivity index is 1.39. The van der Waals surface area contributed by atoms with Gasteiger partial charge in [0.15, 0.2) is 0 Å². The average molecular weight is 483 g/mol. The lowest BCUT2D eigenvalue weighted by molar-refractivity contribution is -0.188. The second-order valence-corrected chi connectivity index (χ2v) is 10.7. The number of hydrogen-bond acceptors (Lipinski definition) is 5. The molecule has 1 saturated carbocycles. The van der Waals surface area contributed by atoms with Crippen LogP contribution in [0.4, 0.5) is 13.2 Å². The van der Waals surface area contributed by atoms with Crippen LogP contribution in [-0.2, 0) is 19.1 Å². The molecule has 1 aromatic rings. The van der Waals surface area contributed by atoms with E-state index in [1.54, 1.807) is 0 Å². The lowest BCUT2D eigenvalue weighted by Crippen LogP contribution is -2.50. The summed E-state index contributed by atoms with van der Waals surface area (Å²) in [4.78, 5) is 27.6. The zero-order valence-corrected chi connectivity index (χ0v) is 19.9. The van der Waals surface area contributed by atoms with Crippen molar-refractivity contribution < 1.29 is 32.2 Å². The maximum Gasteiger partial charge on any atom is 0.471 e. The molecule has 0 radical (unpaired) electrons. The van der Waals surface area contributed by atoms with Crippen LogP contribution in [0.5, 0.6) is 0 Å². The lowest BCUT2D eigenvalue weighted by atomic mass is 9.87. The molecule has 188 valence electrons. The van der Waals surface area contributed by atoms with Crippen molar-refractivity contribution >= 4 is 11.9 Å². The van der Waals surface area contributed by atoms with E-state index in [0.717, 1.165) is 10.5 Å². The smallest absolute Gasteiger partial charge is 0.459 e. The SMILES string of the molecule is CC(C)(C)OC(=O)CN1CCC2(CC1)CC(N(C(=O)C(F)(F)F)[C@@H]1C[C@H]1c1ccccc1)CO2. The van der Waals surface area contributed by atoms with Crippen LogP contribution in [0.15, 0.2) is 30.3 Å². The number of nitrogens with zero attached hydrogens (tertiary/aromatic N) is 2. The molecule has 1 spiro atoms. The first-order valence-corrected chi connectivity index (χ1v) is 11.9. The minimum Gasteiger partial charge on any atom is -0.459 e. The van der Waals surface area contributed by atoms with Gasteiger partial charge in [0.25, 0.3) is 0 Å². The van der Waals surface area contributed by atoms with E-state index in [2.05, 4.69) is 0 Å². The largest absolute Gasteiger partial charge is 0.471 e. The van der Waals surface area contributed by atoms with Gasteiger partial charge in [-0.3, -0.25) is 14.5 Å². The third kappa shape index (κ3) is 5.74. The number of halogens is 3. The van der Waals surface area contributed by atoms with Gasteiger partial charge >= 0.3 is 18.1 Å². The molecule has 2 heterocycles. The van der Waals surface area contributed by atoms with E-state index in [9.17, 15) is 22.8 Å². The van der Waals surface area contributed by atoms with Crippen LogP contribution in [0.1, 0.15) is 57.9 Å². The zero-order valence-electron chi connectivity index (χ0n) is 19.9. The Hall–Kier alpha value is -2.13. The Morgan fingerprint density at radius 3 is 2.38 bits per heavy atom. The van der Waals surface area contributed by atoms with Gasteiger partial charge in [0, 0.05) is 25.0 Å². The molecular weight excluding hydrogens is 449 g/mol. The molecule has 0 aromatic heterocycles. The third-order valence-electron chi connectivity index (χ3n) is 6.94. The number of piperidine rings is 1. The quantitative estimate of drug-likeness (QED) is 0.596. The van der Waals surface area contributed by atoms with Gasteiger partial charge in [-0.25, -0.2) is 0 Å². The normalized spacial score (nSPS) is 26.9. The number of hydrogen-bond donors (Lipinski definition) is 0. The number of carbonyl (C=O) groups is 2. The summed E-state index contributed by atoms with van der Waals surface area (Å²) in [6.45, 7) is 6.92. The zero-order chi connectivity index (χ0) is 24.7. The molecule has 9 heteroatoms.